The molecular formula is C9H22B3NO. The van der Waals surface area contributed by atoms with Crippen molar-refractivity contribution in [3.05, 3.63) is 0 Å². The van der Waals surface area contributed by atoms with Crippen molar-refractivity contribution >= 4 is 28.6 Å². The predicted molar refractivity (Wildman–Crippen MR) is 69.5 cm³/mol. The Morgan fingerprint density at radius 2 is 2.14 bits per heavy atom. The van der Waals surface area contributed by atoms with Crippen LogP contribution in [-0.2, 0) is 4.79 Å². The van der Waals surface area contributed by atoms with Gasteiger partial charge in [-0.25, -0.2) is 0 Å². The number of hydrogen-bond donors (Lipinski definition) is 1. The van der Waals surface area contributed by atoms with Crippen molar-refractivity contribution in [1.29, 1.82) is 0 Å². The zero-order valence-corrected chi connectivity index (χ0v) is 9.94. The number of carbonyl (C=O) groups is 1. The van der Waals surface area contributed by atoms with E-state index < -0.39 is 0 Å². The van der Waals surface area contributed by atoms with Crippen LogP contribution in [0.4, 0.5) is 0 Å². The normalized spacial score (nSPS) is 12.4. The van der Waals surface area contributed by atoms with Crippen LogP contribution in [0.25, 0.3) is 0 Å². The summed E-state index contributed by atoms with van der Waals surface area (Å²) < 4.78 is 0. The van der Waals surface area contributed by atoms with Crippen LogP contribution in [0.3, 0.4) is 0 Å². The summed E-state index contributed by atoms with van der Waals surface area (Å²) in [6.07, 6.45) is 5.65. The molecule has 0 spiro atoms. The third-order valence-corrected chi connectivity index (χ3v) is 2.67. The average molecular weight is 193 g/mol. The summed E-state index contributed by atoms with van der Waals surface area (Å²) in [5, 5.41) is 3.13. The molecule has 0 aromatic heterocycles. The van der Waals surface area contributed by atoms with E-state index in [4.69, 9.17) is 0 Å². The van der Waals surface area contributed by atoms with Crippen molar-refractivity contribution in [3.63, 3.8) is 0 Å². The lowest BCUT2D eigenvalue weighted by Crippen LogP contribution is -2.21. The quantitative estimate of drug-likeness (QED) is 0.384. The van der Waals surface area contributed by atoms with Crippen LogP contribution >= 0.6 is 0 Å². The second-order valence-electron chi connectivity index (χ2n) is 3.90. The number of unbranched alkanes of at least 4 members (excludes halogenated alkanes) is 1. The van der Waals surface area contributed by atoms with Gasteiger partial charge in [-0.05, 0) is 25.8 Å². The highest BCUT2D eigenvalue weighted by Crippen LogP contribution is 2.15. The molecule has 0 unspecified atom stereocenters. The molecule has 14 heavy (non-hydrogen) atoms. The van der Waals surface area contributed by atoms with Gasteiger partial charge >= 0.3 is 0 Å². The van der Waals surface area contributed by atoms with Gasteiger partial charge in [0.15, 0.2) is 15.2 Å². The lowest BCUT2D eigenvalue weighted by Gasteiger charge is -2.13. The van der Waals surface area contributed by atoms with E-state index >= 15 is 0 Å². The summed E-state index contributed by atoms with van der Waals surface area (Å²) in [5.74, 6) is 0.335. The van der Waals surface area contributed by atoms with Crippen molar-refractivity contribution in [2.45, 2.75) is 39.0 Å². The van der Waals surface area contributed by atoms with Crippen molar-refractivity contribution in [2.24, 2.45) is 5.92 Å². The third kappa shape index (κ3) is 6.30. The van der Waals surface area contributed by atoms with E-state index in [0.717, 1.165) is 25.8 Å². The van der Waals surface area contributed by atoms with E-state index in [0.29, 0.717) is 18.8 Å². The van der Waals surface area contributed by atoms with Crippen molar-refractivity contribution in [3.8, 4) is 0 Å². The minimum absolute atomic E-state index is 0.335. The average Bonchev–Trinajstić information content (AvgIpc) is 2.21. The molecule has 0 aromatic carbocycles. The summed E-state index contributed by atoms with van der Waals surface area (Å²) in [5.41, 5.74) is 0.455. The molecular weight excluding hydrogens is 171 g/mol. The molecule has 0 bridgehead atoms. The van der Waals surface area contributed by atoms with Crippen LogP contribution in [0.2, 0.25) is 0 Å². The minimum atomic E-state index is 0.335. The van der Waals surface area contributed by atoms with E-state index in [1.54, 1.807) is 0 Å². The molecule has 1 atom stereocenters. The molecule has 5 heteroatoms. The molecule has 0 saturated carbocycles. The fraction of sp³-hybridized carbons (Fsp3) is 0.889. The van der Waals surface area contributed by atoms with Crippen LogP contribution < -0.4 is 5.23 Å². The van der Waals surface area contributed by atoms with Crippen LogP contribution in [0.1, 0.15) is 39.0 Å². The highest BCUT2D eigenvalue weighted by atomic mass is 16.1. The molecule has 0 aromatic rings. The number of carbonyl (C=O) groups excluding carboxylic acids is 1. The fourth-order valence-electron chi connectivity index (χ4n) is 1.80. The molecule has 0 saturated heterocycles. The molecule has 0 fully saturated rings. The van der Waals surface area contributed by atoms with Crippen molar-refractivity contribution in [1.82, 2.24) is 5.23 Å². The van der Waals surface area contributed by atoms with E-state index in [1.807, 2.05) is 15.7 Å². The van der Waals surface area contributed by atoms with E-state index in [1.165, 1.54) is 12.8 Å². The van der Waals surface area contributed by atoms with E-state index in [-0.39, 0.29) is 0 Å². The second kappa shape index (κ2) is 9.38. The van der Waals surface area contributed by atoms with Gasteiger partial charge in [-0.1, -0.05) is 19.8 Å². The molecule has 2 nitrogen and oxygen atoms in total. The van der Waals surface area contributed by atoms with Gasteiger partial charge in [0, 0.05) is 5.92 Å². The smallest absolute Gasteiger partial charge is 0.181 e. The van der Waals surface area contributed by atoms with Crippen molar-refractivity contribution < 1.29 is 4.79 Å². The summed E-state index contributed by atoms with van der Waals surface area (Å²) in [6.45, 7) is 3.22. The predicted octanol–water partition coefficient (Wildman–Crippen LogP) is -0.778. The first-order chi connectivity index (χ1) is 6.76. The maximum absolute atomic E-state index is 11.6. The molecule has 1 N–H and O–H groups in total. The fourth-order valence-corrected chi connectivity index (χ4v) is 1.80. The molecule has 0 aliphatic rings. The highest BCUT2D eigenvalue weighted by molar-refractivity contribution is 7.08. The van der Waals surface area contributed by atoms with Gasteiger partial charge in [-0.2, -0.15) is 0 Å². The summed E-state index contributed by atoms with van der Waals surface area (Å²) in [6, 6.07) is 0. The Balaban J connectivity index is 3.67. The Labute approximate surface area is 90.7 Å². The zero-order valence-electron chi connectivity index (χ0n) is 9.94. The van der Waals surface area contributed by atoms with Gasteiger partial charge in [0.05, 0.1) is 13.4 Å². The Morgan fingerprint density at radius 1 is 1.43 bits per heavy atom. The number of rotatable bonds is 9. The Hall–Kier alpha value is -0.175. The third-order valence-electron chi connectivity index (χ3n) is 2.67. The Bertz CT molecular complexity index is 155. The first kappa shape index (κ1) is 13.8. The summed E-state index contributed by atoms with van der Waals surface area (Å²) >= 11 is 0. The largest absolute Gasteiger partial charge is 0.362 e. The summed E-state index contributed by atoms with van der Waals surface area (Å²) in [7, 11) is 4.65. The topological polar surface area (TPSA) is 29.1 Å². The second-order valence-corrected chi connectivity index (χ2v) is 3.90. The zero-order chi connectivity index (χ0) is 10.8. The standard InChI is InChI=1S/C9H22B3NO/c1-2-5-8(9(14)12-10)6-3-4-7-13-11/h8,12-13H,2-7,10-11H2,1H3/t8-/m0/s1. The van der Waals surface area contributed by atoms with Gasteiger partial charge < -0.3 is 10.0 Å². The molecule has 0 aliphatic carbocycles. The maximum atomic E-state index is 11.6. The molecule has 0 rings (SSSR count). The van der Waals surface area contributed by atoms with Gasteiger partial charge in [-0.3, -0.25) is 0 Å². The van der Waals surface area contributed by atoms with Gasteiger partial charge in [0.1, 0.15) is 0 Å². The van der Waals surface area contributed by atoms with Crippen LogP contribution in [0, 0.1) is 5.92 Å². The Kier molecular flexibility index (Phi) is 9.27. The highest BCUT2D eigenvalue weighted by Gasteiger charge is 2.14. The molecule has 0 aliphatic heterocycles. The lowest BCUT2D eigenvalue weighted by molar-refractivity contribution is -0.115. The monoisotopic (exact) mass is 193 g/mol. The van der Waals surface area contributed by atoms with Crippen molar-refractivity contribution in [2.75, 3.05) is 6.54 Å². The number of nitrogens with one attached hydrogen (secondary N) is 1. The van der Waals surface area contributed by atoms with Crippen LogP contribution in [0.15, 0.2) is 0 Å². The Morgan fingerprint density at radius 3 is 2.64 bits per heavy atom. The van der Waals surface area contributed by atoms with E-state index in [9.17, 15) is 4.79 Å². The lowest BCUT2D eigenvalue weighted by atomic mass is 9.49. The molecule has 78 valence electrons. The molecule has 0 radical (unpaired) electrons. The first-order valence-electron chi connectivity index (χ1n) is 5.93. The van der Waals surface area contributed by atoms with Crippen LogP contribution in [-0.4, -0.2) is 35.1 Å². The molecule has 0 amide bonds. The van der Waals surface area contributed by atoms with Gasteiger partial charge in [-0.15, -0.1) is 0 Å². The SMILES string of the molecule is BBC(=O)[C@@H](CCC)CCCCNB. The summed E-state index contributed by atoms with van der Waals surface area (Å²) in [4.78, 5) is 11.6. The maximum Gasteiger partial charge on any atom is 0.181 e. The molecule has 0 heterocycles. The number of hydrogen-bond acceptors (Lipinski definition) is 2. The van der Waals surface area contributed by atoms with E-state index in [2.05, 4.69) is 12.2 Å². The minimum Gasteiger partial charge on any atom is -0.362 e. The van der Waals surface area contributed by atoms with Crippen LogP contribution in [0.5, 0.6) is 0 Å². The first-order valence-corrected chi connectivity index (χ1v) is 5.93. The van der Waals surface area contributed by atoms with Gasteiger partial charge in [0.25, 0.3) is 0 Å². The van der Waals surface area contributed by atoms with Gasteiger partial charge in [0.2, 0.25) is 0 Å².